The molecule has 24 heavy (non-hydrogen) atoms. The number of amides is 1. The maximum absolute atomic E-state index is 12.1. The first kappa shape index (κ1) is 18.1. The Morgan fingerprint density at radius 1 is 1.25 bits per heavy atom. The number of nitrogens with one attached hydrogen (secondary N) is 1. The number of hydrogen-bond acceptors (Lipinski definition) is 3. The SMILES string of the molecule is O=C(O)[C@@H]1CC[C@H](C(=O)NCc2cccc(OCC(F)(F)F)c2)C1. The molecule has 8 heteroatoms. The molecule has 0 heterocycles. The number of alkyl halides is 3. The van der Waals surface area contributed by atoms with Gasteiger partial charge in [-0.3, -0.25) is 9.59 Å². The zero-order valence-electron chi connectivity index (χ0n) is 12.8. The summed E-state index contributed by atoms with van der Waals surface area (Å²) in [5, 5.41) is 11.6. The number of carbonyl (C=O) groups is 2. The lowest BCUT2D eigenvalue weighted by Crippen LogP contribution is -2.29. The smallest absolute Gasteiger partial charge is 0.422 e. The maximum atomic E-state index is 12.1. The summed E-state index contributed by atoms with van der Waals surface area (Å²) in [5.41, 5.74) is 0.607. The van der Waals surface area contributed by atoms with Crippen LogP contribution in [0.3, 0.4) is 0 Å². The molecule has 1 aromatic carbocycles. The van der Waals surface area contributed by atoms with Crippen LogP contribution in [0.1, 0.15) is 24.8 Å². The fraction of sp³-hybridized carbons (Fsp3) is 0.500. The van der Waals surface area contributed by atoms with Crippen LogP contribution in [0.2, 0.25) is 0 Å². The summed E-state index contributed by atoms with van der Waals surface area (Å²) in [6.45, 7) is -1.22. The Hall–Kier alpha value is -2.25. The lowest BCUT2D eigenvalue weighted by atomic mass is 10.0. The van der Waals surface area contributed by atoms with Crippen LogP contribution in [0.5, 0.6) is 5.75 Å². The highest BCUT2D eigenvalue weighted by atomic mass is 19.4. The van der Waals surface area contributed by atoms with Gasteiger partial charge in [0.1, 0.15) is 5.75 Å². The number of rotatable bonds is 6. The summed E-state index contributed by atoms with van der Waals surface area (Å²) in [4.78, 5) is 22.9. The van der Waals surface area contributed by atoms with Gasteiger partial charge < -0.3 is 15.2 Å². The monoisotopic (exact) mass is 345 g/mol. The van der Waals surface area contributed by atoms with Crippen LogP contribution in [0.4, 0.5) is 13.2 Å². The quantitative estimate of drug-likeness (QED) is 0.831. The summed E-state index contributed by atoms with van der Waals surface area (Å²) in [5.74, 6) is -1.87. The third kappa shape index (κ3) is 5.43. The van der Waals surface area contributed by atoms with Gasteiger partial charge in [-0.25, -0.2) is 0 Å². The third-order valence-electron chi connectivity index (χ3n) is 3.92. The number of carboxylic acids is 1. The van der Waals surface area contributed by atoms with Crippen LogP contribution in [0.25, 0.3) is 0 Å². The van der Waals surface area contributed by atoms with Crippen molar-refractivity contribution >= 4 is 11.9 Å². The maximum Gasteiger partial charge on any atom is 0.422 e. The molecule has 2 N–H and O–H groups in total. The van der Waals surface area contributed by atoms with E-state index in [4.69, 9.17) is 5.11 Å². The third-order valence-corrected chi connectivity index (χ3v) is 3.92. The minimum Gasteiger partial charge on any atom is -0.484 e. The molecule has 0 aliphatic heterocycles. The van der Waals surface area contributed by atoms with Crippen molar-refractivity contribution < 1.29 is 32.6 Å². The number of carbonyl (C=O) groups excluding carboxylic acids is 1. The molecule has 0 unspecified atom stereocenters. The van der Waals surface area contributed by atoms with E-state index in [0.29, 0.717) is 24.8 Å². The normalized spacial score (nSPS) is 20.6. The second-order valence-electron chi connectivity index (χ2n) is 5.81. The Morgan fingerprint density at radius 2 is 1.96 bits per heavy atom. The molecule has 1 amide bonds. The first-order valence-corrected chi connectivity index (χ1v) is 7.53. The Kier molecular flexibility index (Phi) is 5.69. The minimum atomic E-state index is -4.41. The number of aliphatic carboxylic acids is 1. The molecule has 1 aliphatic rings. The first-order valence-electron chi connectivity index (χ1n) is 7.53. The fourth-order valence-electron chi connectivity index (χ4n) is 2.69. The summed E-state index contributed by atoms with van der Waals surface area (Å²) >= 11 is 0. The highest BCUT2D eigenvalue weighted by Gasteiger charge is 2.33. The molecule has 0 saturated heterocycles. The zero-order valence-corrected chi connectivity index (χ0v) is 12.8. The summed E-state index contributed by atoms with van der Waals surface area (Å²) < 4.78 is 41.1. The minimum absolute atomic E-state index is 0.0749. The van der Waals surface area contributed by atoms with Crippen molar-refractivity contribution in [2.24, 2.45) is 11.8 Å². The lowest BCUT2D eigenvalue weighted by Gasteiger charge is -2.12. The second kappa shape index (κ2) is 7.55. The summed E-state index contributed by atoms with van der Waals surface area (Å²) in [6, 6.07) is 6.05. The predicted molar refractivity (Wildman–Crippen MR) is 78.3 cm³/mol. The Morgan fingerprint density at radius 3 is 2.58 bits per heavy atom. The van der Waals surface area contributed by atoms with Crippen molar-refractivity contribution in [1.82, 2.24) is 5.32 Å². The van der Waals surface area contributed by atoms with Crippen molar-refractivity contribution in [2.45, 2.75) is 32.0 Å². The Balaban J connectivity index is 1.84. The van der Waals surface area contributed by atoms with Gasteiger partial charge in [0.25, 0.3) is 0 Å². The van der Waals surface area contributed by atoms with Crippen LogP contribution >= 0.6 is 0 Å². The molecule has 0 aromatic heterocycles. The zero-order chi connectivity index (χ0) is 17.7. The van der Waals surface area contributed by atoms with Crippen molar-refractivity contribution in [2.75, 3.05) is 6.61 Å². The van der Waals surface area contributed by atoms with Crippen LogP contribution in [0.15, 0.2) is 24.3 Å². The average Bonchev–Trinajstić information content (AvgIpc) is 3.01. The molecular formula is C16H18F3NO4. The van der Waals surface area contributed by atoms with Gasteiger partial charge in [-0.2, -0.15) is 13.2 Å². The van der Waals surface area contributed by atoms with Gasteiger partial charge >= 0.3 is 12.1 Å². The Bertz CT molecular complexity index is 603. The van der Waals surface area contributed by atoms with E-state index in [0.717, 1.165) is 0 Å². The van der Waals surface area contributed by atoms with Crippen molar-refractivity contribution in [3.8, 4) is 5.75 Å². The highest BCUT2D eigenvalue weighted by Crippen LogP contribution is 2.31. The lowest BCUT2D eigenvalue weighted by molar-refractivity contribution is -0.153. The molecule has 1 aliphatic carbocycles. The molecule has 0 bridgehead atoms. The topological polar surface area (TPSA) is 75.6 Å². The molecule has 2 rings (SSSR count). The molecule has 0 radical (unpaired) electrons. The van der Waals surface area contributed by atoms with Gasteiger partial charge in [-0.05, 0) is 37.0 Å². The van der Waals surface area contributed by atoms with Crippen molar-refractivity contribution in [3.05, 3.63) is 29.8 Å². The van der Waals surface area contributed by atoms with Gasteiger partial charge in [0.2, 0.25) is 5.91 Å². The summed E-state index contributed by atoms with van der Waals surface area (Å²) in [7, 11) is 0. The standard InChI is InChI=1S/C16H18F3NO4/c17-16(18,19)9-24-13-3-1-2-10(6-13)8-20-14(21)11-4-5-12(7-11)15(22)23/h1-3,6,11-12H,4-5,7-9H2,(H,20,21)(H,22,23)/t11-,12+/m0/s1. The number of benzene rings is 1. The van der Waals surface area contributed by atoms with Gasteiger partial charge in [0, 0.05) is 12.5 Å². The molecule has 1 aromatic rings. The number of carboxylic acid groups (broad SMARTS) is 1. The number of ether oxygens (including phenoxy) is 1. The van der Waals surface area contributed by atoms with E-state index in [1.54, 1.807) is 12.1 Å². The van der Waals surface area contributed by atoms with E-state index >= 15 is 0 Å². The van der Waals surface area contributed by atoms with Gasteiger partial charge in [-0.15, -0.1) is 0 Å². The van der Waals surface area contributed by atoms with E-state index in [-0.39, 0.29) is 24.1 Å². The molecule has 0 spiro atoms. The van der Waals surface area contributed by atoms with E-state index in [1.807, 2.05) is 0 Å². The molecule has 2 atom stereocenters. The number of halogens is 3. The van der Waals surface area contributed by atoms with Crippen LogP contribution in [-0.4, -0.2) is 29.8 Å². The van der Waals surface area contributed by atoms with E-state index < -0.39 is 24.7 Å². The van der Waals surface area contributed by atoms with Gasteiger partial charge in [-0.1, -0.05) is 12.1 Å². The Labute approximate surface area is 136 Å². The van der Waals surface area contributed by atoms with Gasteiger partial charge in [0.05, 0.1) is 5.92 Å². The first-order chi connectivity index (χ1) is 11.2. The van der Waals surface area contributed by atoms with E-state index in [1.165, 1.54) is 12.1 Å². The van der Waals surface area contributed by atoms with Crippen LogP contribution in [-0.2, 0) is 16.1 Å². The highest BCUT2D eigenvalue weighted by molar-refractivity contribution is 5.80. The largest absolute Gasteiger partial charge is 0.484 e. The van der Waals surface area contributed by atoms with Crippen molar-refractivity contribution in [3.63, 3.8) is 0 Å². The van der Waals surface area contributed by atoms with E-state index in [2.05, 4.69) is 10.1 Å². The second-order valence-corrected chi connectivity index (χ2v) is 5.81. The van der Waals surface area contributed by atoms with E-state index in [9.17, 15) is 22.8 Å². The predicted octanol–water partition coefficient (Wildman–Crippen LogP) is 2.74. The molecule has 132 valence electrons. The van der Waals surface area contributed by atoms with Gasteiger partial charge in [0.15, 0.2) is 6.61 Å². The van der Waals surface area contributed by atoms with Crippen LogP contribution in [0, 0.1) is 11.8 Å². The van der Waals surface area contributed by atoms with Crippen molar-refractivity contribution in [1.29, 1.82) is 0 Å². The number of hydrogen-bond donors (Lipinski definition) is 2. The molecule has 1 saturated carbocycles. The fourth-order valence-corrected chi connectivity index (χ4v) is 2.69. The summed E-state index contributed by atoms with van der Waals surface area (Å²) in [6.07, 6.45) is -3.09. The molecule has 1 fully saturated rings. The molecule has 5 nitrogen and oxygen atoms in total. The van der Waals surface area contributed by atoms with Crippen LogP contribution < -0.4 is 10.1 Å². The average molecular weight is 345 g/mol. The molecular weight excluding hydrogens is 327 g/mol.